The fourth-order valence-corrected chi connectivity index (χ4v) is 3.47. The number of carbonyl (C=O) groups is 1. The topological polar surface area (TPSA) is 46.1 Å². The van der Waals surface area contributed by atoms with Crippen LogP contribution in [0.25, 0.3) is 10.9 Å². The highest BCUT2D eigenvalue weighted by Gasteiger charge is 2.06. The number of rotatable bonds is 6. The Labute approximate surface area is 146 Å². The Morgan fingerprint density at radius 1 is 1.25 bits per heavy atom. The van der Waals surface area contributed by atoms with Gasteiger partial charge >= 0.3 is 6.03 Å². The number of nitrogens with zero attached hydrogens (tertiary/aromatic N) is 1. The summed E-state index contributed by atoms with van der Waals surface area (Å²) in [5.74, 6) is 0.604. The van der Waals surface area contributed by atoms with Crippen LogP contribution in [-0.4, -0.2) is 17.1 Å². The number of thiophene rings is 1. The molecule has 3 aromatic rings. The number of urea groups is 1. The molecule has 2 aromatic heterocycles. The second-order valence-electron chi connectivity index (χ2n) is 6.35. The molecule has 0 bridgehead atoms. The van der Waals surface area contributed by atoms with E-state index in [9.17, 15) is 4.79 Å². The molecule has 0 aliphatic carbocycles. The Balaban J connectivity index is 1.57. The second kappa shape index (κ2) is 7.53. The van der Waals surface area contributed by atoms with Gasteiger partial charge in [0.15, 0.2) is 0 Å². The van der Waals surface area contributed by atoms with Crippen molar-refractivity contribution >= 4 is 34.0 Å². The summed E-state index contributed by atoms with van der Waals surface area (Å²) in [6, 6.07) is 12.1. The zero-order valence-corrected chi connectivity index (χ0v) is 14.9. The van der Waals surface area contributed by atoms with Gasteiger partial charge in [0, 0.05) is 40.8 Å². The number of aromatic nitrogens is 1. The van der Waals surface area contributed by atoms with Gasteiger partial charge in [-0.15, -0.1) is 11.3 Å². The average molecular weight is 341 g/mol. The van der Waals surface area contributed by atoms with E-state index in [4.69, 9.17) is 0 Å². The molecular formula is C19H23N3OS. The largest absolute Gasteiger partial charge is 0.347 e. The first-order chi connectivity index (χ1) is 11.6. The normalized spacial score (nSPS) is 11.1. The van der Waals surface area contributed by atoms with Crippen LogP contribution in [0.1, 0.15) is 18.7 Å². The molecule has 0 saturated carbocycles. The summed E-state index contributed by atoms with van der Waals surface area (Å²) in [5.41, 5.74) is 2.02. The maximum absolute atomic E-state index is 12.0. The van der Waals surface area contributed by atoms with Crippen molar-refractivity contribution in [2.45, 2.75) is 26.8 Å². The zero-order chi connectivity index (χ0) is 16.9. The van der Waals surface area contributed by atoms with Crippen molar-refractivity contribution in [2.75, 3.05) is 11.9 Å². The van der Waals surface area contributed by atoms with Gasteiger partial charge in [0.05, 0.1) is 0 Å². The lowest BCUT2D eigenvalue weighted by Gasteiger charge is -2.10. The molecule has 0 saturated heterocycles. The Bertz CT molecular complexity index is 805. The molecule has 1 aromatic carbocycles. The highest BCUT2D eigenvalue weighted by molar-refractivity contribution is 7.09. The molecule has 0 fully saturated rings. The summed E-state index contributed by atoms with van der Waals surface area (Å²) in [6.45, 7) is 6.06. The highest BCUT2D eigenvalue weighted by Crippen LogP contribution is 2.21. The predicted molar refractivity (Wildman–Crippen MR) is 102 cm³/mol. The first-order valence-corrected chi connectivity index (χ1v) is 9.16. The van der Waals surface area contributed by atoms with E-state index in [1.54, 1.807) is 11.3 Å². The van der Waals surface area contributed by atoms with Crippen molar-refractivity contribution < 1.29 is 4.79 Å². The number of fused-ring (bicyclic) bond motifs is 1. The van der Waals surface area contributed by atoms with Gasteiger partial charge < -0.3 is 15.2 Å². The van der Waals surface area contributed by atoms with Crippen LogP contribution in [0.3, 0.4) is 0 Å². The van der Waals surface area contributed by atoms with Crippen molar-refractivity contribution in [3.05, 3.63) is 52.9 Å². The molecule has 2 heterocycles. The maximum Gasteiger partial charge on any atom is 0.319 e. The van der Waals surface area contributed by atoms with Gasteiger partial charge in [0.1, 0.15) is 0 Å². The maximum atomic E-state index is 12.0. The Morgan fingerprint density at radius 2 is 2.12 bits per heavy atom. The van der Waals surface area contributed by atoms with E-state index in [-0.39, 0.29) is 6.03 Å². The fourth-order valence-electron chi connectivity index (χ4n) is 2.76. The van der Waals surface area contributed by atoms with Gasteiger partial charge in [-0.1, -0.05) is 19.9 Å². The van der Waals surface area contributed by atoms with Gasteiger partial charge in [0.2, 0.25) is 0 Å². The number of hydrogen-bond acceptors (Lipinski definition) is 2. The lowest BCUT2D eigenvalue weighted by atomic mass is 10.2. The number of anilines is 1. The van der Waals surface area contributed by atoms with Crippen molar-refractivity contribution in [1.29, 1.82) is 0 Å². The first-order valence-electron chi connectivity index (χ1n) is 8.28. The third-order valence-corrected chi connectivity index (χ3v) is 4.76. The van der Waals surface area contributed by atoms with Gasteiger partial charge in [-0.3, -0.25) is 0 Å². The molecule has 0 unspecified atom stereocenters. The standard InChI is InChI=1S/C19H23N3OS/c1-14(2)13-22-10-8-15-12-16(5-6-18(15)22)21-19(23)20-9-7-17-4-3-11-24-17/h3-6,8,10-12,14H,7,9,13H2,1-2H3,(H2,20,21,23). The van der Waals surface area contributed by atoms with Crippen LogP contribution >= 0.6 is 11.3 Å². The van der Waals surface area contributed by atoms with E-state index in [2.05, 4.69) is 58.8 Å². The lowest BCUT2D eigenvalue weighted by molar-refractivity contribution is 0.252. The summed E-state index contributed by atoms with van der Waals surface area (Å²) in [4.78, 5) is 13.3. The number of carbonyl (C=O) groups excluding carboxylic acids is 1. The van der Waals surface area contributed by atoms with E-state index in [0.717, 1.165) is 24.0 Å². The quantitative estimate of drug-likeness (QED) is 0.669. The highest BCUT2D eigenvalue weighted by atomic mass is 32.1. The van der Waals surface area contributed by atoms with Gasteiger partial charge in [-0.2, -0.15) is 0 Å². The smallest absolute Gasteiger partial charge is 0.319 e. The van der Waals surface area contributed by atoms with Crippen LogP contribution in [0.15, 0.2) is 48.0 Å². The average Bonchev–Trinajstić information content (AvgIpc) is 3.17. The molecular weight excluding hydrogens is 318 g/mol. The first kappa shape index (κ1) is 16.6. The summed E-state index contributed by atoms with van der Waals surface area (Å²) in [7, 11) is 0. The number of benzene rings is 1. The number of hydrogen-bond donors (Lipinski definition) is 2. The zero-order valence-electron chi connectivity index (χ0n) is 14.1. The molecule has 0 atom stereocenters. The van der Waals surface area contributed by atoms with Crippen LogP contribution in [0.5, 0.6) is 0 Å². The van der Waals surface area contributed by atoms with E-state index in [0.29, 0.717) is 12.5 Å². The van der Waals surface area contributed by atoms with Crippen LogP contribution < -0.4 is 10.6 Å². The third-order valence-electron chi connectivity index (χ3n) is 3.83. The summed E-state index contributed by atoms with van der Waals surface area (Å²) in [5, 5.41) is 9.01. The van der Waals surface area contributed by atoms with Gasteiger partial charge in [-0.05, 0) is 48.1 Å². The van der Waals surface area contributed by atoms with E-state index >= 15 is 0 Å². The summed E-state index contributed by atoms with van der Waals surface area (Å²) in [6.07, 6.45) is 2.97. The van der Waals surface area contributed by atoms with E-state index < -0.39 is 0 Å². The third kappa shape index (κ3) is 4.17. The SMILES string of the molecule is CC(C)Cn1ccc2cc(NC(=O)NCCc3cccs3)ccc21. The molecule has 5 heteroatoms. The van der Waals surface area contributed by atoms with Gasteiger partial charge in [-0.25, -0.2) is 4.79 Å². The molecule has 2 amide bonds. The Morgan fingerprint density at radius 3 is 2.88 bits per heavy atom. The molecule has 0 aliphatic rings. The minimum atomic E-state index is -0.160. The molecule has 2 N–H and O–H groups in total. The molecule has 0 aliphatic heterocycles. The van der Waals surface area contributed by atoms with Crippen molar-refractivity contribution in [2.24, 2.45) is 5.92 Å². The monoisotopic (exact) mass is 341 g/mol. The second-order valence-corrected chi connectivity index (χ2v) is 7.38. The Kier molecular flexibility index (Phi) is 5.20. The van der Waals surface area contributed by atoms with Gasteiger partial charge in [0.25, 0.3) is 0 Å². The van der Waals surface area contributed by atoms with Crippen LogP contribution in [0.4, 0.5) is 10.5 Å². The molecule has 0 radical (unpaired) electrons. The predicted octanol–water partition coefficient (Wildman–Crippen LogP) is 4.72. The lowest BCUT2D eigenvalue weighted by Crippen LogP contribution is -2.30. The minimum Gasteiger partial charge on any atom is -0.347 e. The van der Waals surface area contributed by atoms with Crippen LogP contribution in [0, 0.1) is 5.92 Å². The summed E-state index contributed by atoms with van der Waals surface area (Å²) >= 11 is 1.71. The van der Waals surface area contributed by atoms with Crippen LogP contribution in [-0.2, 0) is 13.0 Å². The molecule has 3 rings (SSSR count). The van der Waals surface area contributed by atoms with Crippen molar-refractivity contribution in [3.63, 3.8) is 0 Å². The molecule has 0 spiro atoms. The van der Waals surface area contributed by atoms with E-state index in [1.807, 2.05) is 18.2 Å². The van der Waals surface area contributed by atoms with Crippen LogP contribution in [0.2, 0.25) is 0 Å². The molecule has 126 valence electrons. The minimum absolute atomic E-state index is 0.160. The fraction of sp³-hybridized carbons (Fsp3) is 0.316. The summed E-state index contributed by atoms with van der Waals surface area (Å²) < 4.78 is 2.25. The Hall–Kier alpha value is -2.27. The van der Waals surface area contributed by atoms with E-state index in [1.165, 1.54) is 10.4 Å². The number of nitrogens with one attached hydrogen (secondary N) is 2. The number of amides is 2. The van der Waals surface area contributed by atoms with Crippen molar-refractivity contribution in [3.8, 4) is 0 Å². The molecule has 24 heavy (non-hydrogen) atoms. The molecule has 4 nitrogen and oxygen atoms in total. The van der Waals surface area contributed by atoms with Crippen molar-refractivity contribution in [1.82, 2.24) is 9.88 Å².